The van der Waals surface area contributed by atoms with E-state index in [1.54, 1.807) is 38.1 Å². The lowest BCUT2D eigenvalue weighted by atomic mass is 10.2. The summed E-state index contributed by atoms with van der Waals surface area (Å²) in [5, 5.41) is 6.30. The molecule has 3 rings (SSSR count). The van der Waals surface area contributed by atoms with Crippen LogP contribution in [0.4, 0.5) is 11.5 Å². The van der Waals surface area contributed by atoms with E-state index in [4.69, 9.17) is 4.52 Å². The fourth-order valence-electron chi connectivity index (χ4n) is 2.81. The molecule has 0 bridgehead atoms. The van der Waals surface area contributed by atoms with Gasteiger partial charge < -0.3 is 9.84 Å². The Labute approximate surface area is 164 Å². The number of sulfonamides is 1. The van der Waals surface area contributed by atoms with Gasteiger partial charge in [0.25, 0.3) is 15.9 Å². The number of hydrogen-bond acceptors (Lipinski definition) is 5. The molecule has 28 heavy (non-hydrogen) atoms. The largest absolute Gasteiger partial charge is 0.360 e. The molecule has 0 saturated heterocycles. The monoisotopic (exact) mass is 399 g/mol. The van der Waals surface area contributed by atoms with Crippen LogP contribution in [0.1, 0.15) is 28.6 Å². The van der Waals surface area contributed by atoms with Crippen molar-refractivity contribution in [1.82, 2.24) is 5.16 Å². The summed E-state index contributed by atoms with van der Waals surface area (Å²) in [6.07, 6.45) is 0. The molecule has 0 aliphatic rings. The first kappa shape index (κ1) is 19.6. The summed E-state index contributed by atoms with van der Waals surface area (Å²) in [6.45, 7) is 5.64. The molecular formula is C20H21N3O4S. The van der Waals surface area contributed by atoms with Crippen molar-refractivity contribution in [2.24, 2.45) is 0 Å². The van der Waals surface area contributed by atoms with E-state index in [1.165, 1.54) is 16.4 Å². The number of aryl methyl sites for hydroxylation is 2. The van der Waals surface area contributed by atoms with E-state index in [0.29, 0.717) is 11.4 Å². The normalized spacial score (nSPS) is 11.2. The number of nitrogens with zero attached hydrogens (tertiary/aromatic N) is 2. The van der Waals surface area contributed by atoms with Crippen molar-refractivity contribution >= 4 is 27.4 Å². The maximum absolute atomic E-state index is 13.2. The smallest absolute Gasteiger partial charge is 0.264 e. The zero-order valence-electron chi connectivity index (χ0n) is 15.8. The molecule has 0 fully saturated rings. The van der Waals surface area contributed by atoms with Crippen molar-refractivity contribution in [2.45, 2.75) is 25.7 Å². The highest BCUT2D eigenvalue weighted by Gasteiger charge is 2.24. The van der Waals surface area contributed by atoms with Crippen LogP contribution in [0.25, 0.3) is 0 Å². The average Bonchev–Trinajstić information content (AvgIpc) is 3.07. The molecule has 0 spiro atoms. The third-order valence-corrected chi connectivity index (χ3v) is 6.03. The molecule has 1 aromatic heterocycles. The van der Waals surface area contributed by atoms with Crippen LogP contribution in [0.2, 0.25) is 0 Å². The number of anilines is 2. The molecule has 0 atom stereocenters. The van der Waals surface area contributed by atoms with Gasteiger partial charge >= 0.3 is 0 Å². The van der Waals surface area contributed by atoms with Gasteiger partial charge in [-0.15, -0.1) is 0 Å². The van der Waals surface area contributed by atoms with Gasteiger partial charge in [-0.3, -0.25) is 9.10 Å². The lowest BCUT2D eigenvalue weighted by Gasteiger charge is -2.23. The third-order valence-electron chi connectivity index (χ3n) is 4.13. The second-order valence-electron chi connectivity index (χ2n) is 6.31. The first-order valence-electron chi connectivity index (χ1n) is 8.75. The molecular weight excluding hydrogens is 378 g/mol. The van der Waals surface area contributed by atoms with E-state index in [-0.39, 0.29) is 22.8 Å². The highest BCUT2D eigenvalue weighted by Crippen LogP contribution is 2.25. The van der Waals surface area contributed by atoms with Gasteiger partial charge in [-0.1, -0.05) is 23.4 Å². The molecule has 1 amide bonds. The van der Waals surface area contributed by atoms with Gasteiger partial charge in [0.05, 0.1) is 10.6 Å². The lowest BCUT2D eigenvalue weighted by Crippen LogP contribution is -2.31. The lowest BCUT2D eigenvalue weighted by molar-refractivity contribution is 0.102. The van der Waals surface area contributed by atoms with Crippen LogP contribution in [-0.2, 0) is 10.0 Å². The van der Waals surface area contributed by atoms with Crippen molar-refractivity contribution in [3.8, 4) is 0 Å². The summed E-state index contributed by atoms with van der Waals surface area (Å²) in [5.41, 5.74) is 1.75. The molecule has 0 aliphatic heterocycles. The Balaban J connectivity index is 1.92. The van der Waals surface area contributed by atoms with Gasteiger partial charge in [0.2, 0.25) is 0 Å². The number of aromatic nitrogens is 1. The van der Waals surface area contributed by atoms with Crippen LogP contribution in [0.3, 0.4) is 0 Å². The maximum atomic E-state index is 13.2. The predicted octanol–water partition coefficient (Wildman–Crippen LogP) is 3.76. The second kappa shape index (κ2) is 7.85. The summed E-state index contributed by atoms with van der Waals surface area (Å²) in [6, 6.07) is 14.8. The quantitative estimate of drug-likeness (QED) is 0.681. The van der Waals surface area contributed by atoms with Crippen LogP contribution < -0.4 is 9.62 Å². The number of nitrogens with one attached hydrogen (secondary N) is 1. The van der Waals surface area contributed by atoms with E-state index in [2.05, 4.69) is 10.5 Å². The number of hydrogen-bond donors (Lipinski definition) is 1. The molecule has 0 aliphatic carbocycles. The average molecular weight is 399 g/mol. The summed E-state index contributed by atoms with van der Waals surface area (Å²) < 4.78 is 32.6. The van der Waals surface area contributed by atoms with Gasteiger partial charge in [-0.05, 0) is 56.7 Å². The molecule has 1 heterocycles. The van der Waals surface area contributed by atoms with Gasteiger partial charge in [0.1, 0.15) is 5.76 Å². The van der Waals surface area contributed by atoms with Gasteiger partial charge in [0.15, 0.2) is 5.82 Å². The summed E-state index contributed by atoms with van der Waals surface area (Å²) in [4.78, 5) is 12.5. The Morgan fingerprint density at radius 1 is 1.11 bits per heavy atom. The van der Waals surface area contributed by atoms with E-state index < -0.39 is 15.9 Å². The highest BCUT2D eigenvalue weighted by molar-refractivity contribution is 7.92. The minimum absolute atomic E-state index is 0.0415. The van der Waals surface area contributed by atoms with Gasteiger partial charge in [0, 0.05) is 18.2 Å². The molecule has 8 heteroatoms. The Morgan fingerprint density at radius 2 is 1.86 bits per heavy atom. The molecule has 146 valence electrons. The summed E-state index contributed by atoms with van der Waals surface area (Å²) in [5.74, 6) is 0.359. The summed E-state index contributed by atoms with van der Waals surface area (Å²) >= 11 is 0. The third kappa shape index (κ3) is 4.07. The molecule has 1 N–H and O–H groups in total. The van der Waals surface area contributed by atoms with Crippen LogP contribution in [0.15, 0.2) is 64.0 Å². The Hall–Kier alpha value is -3.13. The molecule has 3 aromatic rings. The predicted molar refractivity (Wildman–Crippen MR) is 107 cm³/mol. The van der Waals surface area contributed by atoms with Crippen molar-refractivity contribution in [3.05, 3.63) is 71.5 Å². The van der Waals surface area contributed by atoms with Crippen molar-refractivity contribution in [2.75, 3.05) is 16.2 Å². The number of benzene rings is 2. The zero-order chi connectivity index (χ0) is 20.3. The first-order chi connectivity index (χ1) is 13.3. The minimum Gasteiger partial charge on any atom is -0.360 e. The van der Waals surface area contributed by atoms with E-state index in [9.17, 15) is 13.2 Å². The van der Waals surface area contributed by atoms with Crippen molar-refractivity contribution < 1.29 is 17.7 Å². The van der Waals surface area contributed by atoms with Crippen LogP contribution >= 0.6 is 0 Å². The topological polar surface area (TPSA) is 92.5 Å². The second-order valence-corrected chi connectivity index (χ2v) is 8.18. The van der Waals surface area contributed by atoms with Crippen LogP contribution in [-0.4, -0.2) is 26.0 Å². The standard InChI is InChI=1S/C20H21N3O4S/c1-4-23(17-9-5-7-14(2)11-17)28(25,26)18-10-6-8-16(13-18)20(24)21-19-12-15(3)27-22-19/h5-13H,4H2,1-3H3,(H,21,22,24). The molecule has 2 aromatic carbocycles. The Morgan fingerprint density at radius 3 is 2.50 bits per heavy atom. The molecule has 0 radical (unpaired) electrons. The van der Waals surface area contributed by atoms with Crippen molar-refractivity contribution in [3.63, 3.8) is 0 Å². The maximum Gasteiger partial charge on any atom is 0.264 e. The SMILES string of the molecule is CCN(c1cccc(C)c1)S(=O)(=O)c1cccc(C(=O)Nc2cc(C)on2)c1. The number of amides is 1. The zero-order valence-corrected chi connectivity index (χ0v) is 16.7. The van der Waals surface area contributed by atoms with Crippen LogP contribution in [0.5, 0.6) is 0 Å². The van der Waals surface area contributed by atoms with E-state index in [0.717, 1.165) is 5.56 Å². The Bertz CT molecular complexity index is 1110. The number of carbonyl (C=O) groups is 1. The highest BCUT2D eigenvalue weighted by atomic mass is 32.2. The van der Waals surface area contributed by atoms with E-state index >= 15 is 0 Å². The molecule has 0 saturated carbocycles. The molecule has 0 unspecified atom stereocenters. The first-order valence-corrected chi connectivity index (χ1v) is 10.2. The summed E-state index contributed by atoms with van der Waals surface area (Å²) in [7, 11) is -3.83. The fraction of sp³-hybridized carbons (Fsp3) is 0.200. The van der Waals surface area contributed by atoms with Gasteiger partial charge in [-0.2, -0.15) is 0 Å². The van der Waals surface area contributed by atoms with Gasteiger partial charge in [-0.25, -0.2) is 8.42 Å². The fourth-order valence-corrected chi connectivity index (χ4v) is 4.33. The van der Waals surface area contributed by atoms with E-state index in [1.807, 2.05) is 25.1 Å². The Kier molecular flexibility index (Phi) is 5.51. The number of rotatable bonds is 6. The molecule has 7 nitrogen and oxygen atoms in total. The van der Waals surface area contributed by atoms with Crippen molar-refractivity contribution in [1.29, 1.82) is 0 Å². The number of carbonyl (C=O) groups excluding carboxylic acids is 1. The van der Waals surface area contributed by atoms with Crippen LogP contribution in [0, 0.1) is 13.8 Å². The minimum atomic E-state index is -3.83.